The molecule has 1 saturated heterocycles. The molecule has 0 spiro atoms. The van der Waals surface area contributed by atoms with E-state index >= 15 is 0 Å². The predicted octanol–water partition coefficient (Wildman–Crippen LogP) is 2.23. The van der Waals surface area contributed by atoms with Crippen LogP contribution in [0.4, 0.5) is 5.69 Å². The van der Waals surface area contributed by atoms with Crippen molar-refractivity contribution < 1.29 is 14.7 Å². The Hall–Kier alpha value is -1.30. The van der Waals surface area contributed by atoms with Gasteiger partial charge in [0.25, 0.3) is 0 Å². The second-order valence-electron chi connectivity index (χ2n) is 5.46. The molecule has 0 radical (unpaired) electrons. The molecule has 22 heavy (non-hydrogen) atoms. The zero-order chi connectivity index (χ0) is 16.3. The highest BCUT2D eigenvalue weighted by Crippen LogP contribution is 2.30. The fourth-order valence-electron chi connectivity index (χ4n) is 2.38. The van der Waals surface area contributed by atoms with Gasteiger partial charge in [0.1, 0.15) is 0 Å². The van der Waals surface area contributed by atoms with Gasteiger partial charge in [-0.2, -0.15) is 0 Å². The quantitative estimate of drug-likeness (QED) is 0.860. The fraction of sp³-hybridized carbons (Fsp3) is 0.467. The van der Waals surface area contributed by atoms with E-state index in [2.05, 4.69) is 5.32 Å². The molecule has 1 aliphatic heterocycles. The molecule has 0 aliphatic carbocycles. The zero-order valence-corrected chi connectivity index (χ0v) is 13.7. The number of aliphatic hydroxyl groups is 1. The van der Waals surface area contributed by atoms with Gasteiger partial charge in [-0.1, -0.05) is 23.2 Å². The number of benzene rings is 1. The Bertz CT molecular complexity index is 558. The number of nitrogens with zero attached hydrogens (tertiary/aromatic N) is 1. The molecule has 2 atom stereocenters. The number of carbonyl (C=O) groups excluding carboxylic acids is 2. The van der Waals surface area contributed by atoms with Gasteiger partial charge in [-0.3, -0.25) is 9.59 Å². The molecule has 1 heterocycles. The van der Waals surface area contributed by atoms with E-state index in [1.807, 2.05) is 0 Å². The third-order valence-corrected chi connectivity index (χ3v) is 3.95. The van der Waals surface area contributed by atoms with Crippen LogP contribution in [-0.2, 0) is 9.59 Å². The molecule has 5 nitrogen and oxygen atoms in total. The van der Waals surface area contributed by atoms with E-state index in [1.54, 1.807) is 25.1 Å². The Morgan fingerprint density at radius 2 is 2.05 bits per heavy atom. The minimum absolute atomic E-state index is 0.131. The first-order valence-electron chi connectivity index (χ1n) is 7.09. The van der Waals surface area contributed by atoms with Crippen molar-refractivity contribution in [3.8, 4) is 0 Å². The van der Waals surface area contributed by atoms with E-state index in [1.165, 1.54) is 4.90 Å². The van der Waals surface area contributed by atoms with Crippen LogP contribution in [0, 0.1) is 5.92 Å². The lowest BCUT2D eigenvalue weighted by Gasteiger charge is -2.17. The Labute approximate surface area is 139 Å². The number of anilines is 1. The minimum Gasteiger partial charge on any atom is -0.393 e. The van der Waals surface area contributed by atoms with Crippen LogP contribution in [0.15, 0.2) is 18.2 Å². The average Bonchev–Trinajstić information content (AvgIpc) is 2.79. The molecule has 2 rings (SSSR count). The van der Waals surface area contributed by atoms with Crippen LogP contribution in [0.1, 0.15) is 19.8 Å². The number of rotatable bonds is 5. The molecule has 0 saturated carbocycles. The number of hydrogen-bond acceptors (Lipinski definition) is 3. The van der Waals surface area contributed by atoms with E-state index in [-0.39, 0.29) is 18.2 Å². The van der Waals surface area contributed by atoms with E-state index in [9.17, 15) is 14.7 Å². The first-order chi connectivity index (χ1) is 10.4. The van der Waals surface area contributed by atoms with Gasteiger partial charge in [0, 0.05) is 35.2 Å². The van der Waals surface area contributed by atoms with Gasteiger partial charge in [-0.05, 0) is 31.5 Å². The predicted molar refractivity (Wildman–Crippen MR) is 86.2 cm³/mol. The molecule has 1 aliphatic rings. The van der Waals surface area contributed by atoms with Crippen molar-refractivity contribution in [3.63, 3.8) is 0 Å². The third kappa shape index (κ3) is 4.35. The highest BCUT2D eigenvalue weighted by Gasteiger charge is 2.35. The van der Waals surface area contributed by atoms with E-state index in [0.717, 1.165) is 0 Å². The average molecular weight is 345 g/mol. The second-order valence-corrected chi connectivity index (χ2v) is 6.33. The van der Waals surface area contributed by atoms with Crippen molar-refractivity contribution in [1.82, 2.24) is 5.32 Å². The Balaban J connectivity index is 1.99. The summed E-state index contributed by atoms with van der Waals surface area (Å²) in [5.74, 6) is -0.710. The van der Waals surface area contributed by atoms with Gasteiger partial charge in [0.15, 0.2) is 0 Å². The maximum atomic E-state index is 12.1. The number of hydrogen-bond donors (Lipinski definition) is 2. The smallest absolute Gasteiger partial charge is 0.227 e. The molecule has 2 amide bonds. The standard InChI is InChI=1S/C15H18Cl2N2O3/c1-9(20)2-3-18-15(22)10-4-14(21)19(8-10)13-6-11(16)5-12(17)7-13/h5-7,9-10,20H,2-4,8H2,1H3,(H,18,22). The summed E-state index contributed by atoms with van der Waals surface area (Å²) < 4.78 is 0. The third-order valence-electron chi connectivity index (χ3n) is 3.52. The topological polar surface area (TPSA) is 69.6 Å². The summed E-state index contributed by atoms with van der Waals surface area (Å²) >= 11 is 11.9. The molecule has 2 N–H and O–H groups in total. The van der Waals surface area contributed by atoms with Crippen LogP contribution in [-0.4, -0.2) is 36.1 Å². The van der Waals surface area contributed by atoms with Gasteiger partial charge < -0.3 is 15.3 Å². The molecule has 120 valence electrons. The normalized spacial score (nSPS) is 19.4. The van der Waals surface area contributed by atoms with E-state index in [0.29, 0.717) is 35.2 Å². The lowest BCUT2D eigenvalue weighted by atomic mass is 10.1. The van der Waals surface area contributed by atoms with Gasteiger partial charge >= 0.3 is 0 Å². The Kier molecular flexibility index (Phi) is 5.67. The Morgan fingerprint density at radius 1 is 1.41 bits per heavy atom. The van der Waals surface area contributed by atoms with Gasteiger partial charge in [-0.25, -0.2) is 0 Å². The zero-order valence-electron chi connectivity index (χ0n) is 12.2. The SMILES string of the molecule is CC(O)CCNC(=O)C1CC(=O)N(c2cc(Cl)cc(Cl)c2)C1. The molecule has 0 bridgehead atoms. The summed E-state index contributed by atoms with van der Waals surface area (Å²) in [5.41, 5.74) is 0.599. The number of nitrogens with one attached hydrogen (secondary N) is 1. The minimum atomic E-state index is -0.462. The van der Waals surface area contributed by atoms with Crippen molar-refractivity contribution in [2.75, 3.05) is 18.0 Å². The van der Waals surface area contributed by atoms with Crippen LogP contribution >= 0.6 is 23.2 Å². The highest BCUT2D eigenvalue weighted by molar-refractivity contribution is 6.35. The first kappa shape index (κ1) is 17.1. The van der Waals surface area contributed by atoms with Gasteiger partial charge in [-0.15, -0.1) is 0 Å². The highest BCUT2D eigenvalue weighted by atomic mass is 35.5. The number of halogens is 2. The molecule has 7 heteroatoms. The summed E-state index contributed by atoms with van der Waals surface area (Å²) in [6, 6.07) is 4.89. The second kappa shape index (κ2) is 7.31. The number of aliphatic hydroxyl groups excluding tert-OH is 1. The largest absolute Gasteiger partial charge is 0.393 e. The number of amides is 2. The van der Waals surface area contributed by atoms with Crippen LogP contribution < -0.4 is 10.2 Å². The maximum Gasteiger partial charge on any atom is 0.227 e. The molecule has 1 aromatic carbocycles. The maximum absolute atomic E-state index is 12.1. The first-order valence-corrected chi connectivity index (χ1v) is 7.84. The van der Waals surface area contributed by atoms with Crippen molar-refractivity contribution in [3.05, 3.63) is 28.2 Å². The van der Waals surface area contributed by atoms with Crippen LogP contribution in [0.3, 0.4) is 0 Å². The summed E-state index contributed by atoms with van der Waals surface area (Å²) in [6.07, 6.45) is 0.181. The van der Waals surface area contributed by atoms with Crippen molar-refractivity contribution in [2.45, 2.75) is 25.9 Å². The Morgan fingerprint density at radius 3 is 2.64 bits per heavy atom. The molecular weight excluding hydrogens is 327 g/mol. The molecule has 1 fully saturated rings. The van der Waals surface area contributed by atoms with Crippen LogP contribution in [0.25, 0.3) is 0 Å². The fourth-order valence-corrected chi connectivity index (χ4v) is 2.89. The summed E-state index contributed by atoms with van der Waals surface area (Å²) in [7, 11) is 0. The van der Waals surface area contributed by atoms with E-state index in [4.69, 9.17) is 23.2 Å². The van der Waals surface area contributed by atoms with E-state index < -0.39 is 12.0 Å². The number of carbonyl (C=O) groups is 2. The van der Waals surface area contributed by atoms with Crippen LogP contribution in [0.5, 0.6) is 0 Å². The summed E-state index contributed by atoms with van der Waals surface area (Å²) in [5, 5.41) is 12.8. The van der Waals surface area contributed by atoms with Crippen molar-refractivity contribution in [2.24, 2.45) is 5.92 Å². The molecular formula is C15H18Cl2N2O3. The van der Waals surface area contributed by atoms with Crippen LogP contribution in [0.2, 0.25) is 10.0 Å². The monoisotopic (exact) mass is 344 g/mol. The summed E-state index contributed by atoms with van der Waals surface area (Å²) in [4.78, 5) is 25.7. The van der Waals surface area contributed by atoms with Crippen molar-refractivity contribution >= 4 is 40.7 Å². The molecule has 2 unspecified atom stereocenters. The lowest BCUT2D eigenvalue weighted by molar-refractivity contribution is -0.126. The molecule has 1 aromatic rings. The van der Waals surface area contributed by atoms with Crippen molar-refractivity contribution in [1.29, 1.82) is 0 Å². The lowest BCUT2D eigenvalue weighted by Crippen LogP contribution is -2.34. The molecule has 0 aromatic heterocycles. The van der Waals surface area contributed by atoms with Gasteiger partial charge in [0.2, 0.25) is 11.8 Å². The van der Waals surface area contributed by atoms with Gasteiger partial charge in [0.05, 0.1) is 12.0 Å². The summed E-state index contributed by atoms with van der Waals surface area (Å²) in [6.45, 7) is 2.36.